The van der Waals surface area contributed by atoms with Crippen molar-refractivity contribution < 1.29 is 17.6 Å². The van der Waals surface area contributed by atoms with Gasteiger partial charge < -0.3 is 14.5 Å². The van der Waals surface area contributed by atoms with Crippen molar-refractivity contribution in [3.8, 4) is 23.3 Å². The van der Waals surface area contributed by atoms with Crippen molar-refractivity contribution in [1.29, 1.82) is 5.26 Å². The van der Waals surface area contributed by atoms with E-state index in [0.717, 1.165) is 5.56 Å². The molecule has 8 nitrogen and oxygen atoms in total. The highest BCUT2D eigenvalue weighted by molar-refractivity contribution is 7.89. The summed E-state index contributed by atoms with van der Waals surface area (Å²) in [6.45, 7) is 0.790. The molecule has 0 atom stereocenters. The van der Waals surface area contributed by atoms with Crippen LogP contribution in [0.2, 0.25) is 0 Å². The highest BCUT2D eigenvalue weighted by atomic mass is 32.2. The van der Waals surface area contributed by atoms with E-state index in [1.165, 1.54) is 22.0 Å². The van der Waals surface area contributed by atoms with Gasteiger partial charge in [-0.3, -0.25) is 0 Å². The van der Waals surface area contributed by atoms with E-state index >= 15 is 0 Å². The van der Waals surface area contributed by atoms with E-state index in [1.807, 2.05) is 30.3 Å². The summed E-state index contributed by atoms with van der Waals surface area (Å²) in [6, 6.07) is 23.4. The zero-order valence-electron chi connectivity index (χ0n) is 18.9. The Balaban J connectivity index is 1.36. The summed E-state index contributed by atoms with van der Waals surface area (Å²) in [4.78, 5) is 4.46. The van der Waals surface area contributed by atoms with Gasteiger partial charge in [-0.05, 0) is 66.1 Å². The van der Waals surface area contributed by atoms with Crippen LogP contribution in [0.4, 0.5) is 11.6 Å². The monoisotopic (exact) mass is 486 g/mol. The molecule has 1 aliphatic heterocycles. The Labute approximate surface area is 203 Å². The average molecular weight is 487 g/mol. The van der Waals surface area contributed by atoms with Crippen molar-refractivity contribution in [2.75, 3.05) is 19.0 Å². The summed E-state index contributed by atoms with van der Waals surface area (Å²) in [5.74, 6) is 1.13. The molecule has 2 heterocycles. The average Bonchev–Trinajstić information content (AvgIpc) is 3.31. The number of hydrogen-bond acceptors (Lipinski definition) is 7. The van der Waals surface area contributed by atoms with Crippen LogP contribution in [-0.4, -0.2) is 31.4 Å². The van der Waals surface area contributed by atoms with Crippen LogP contribution in [0.25, 0.3) is 11.5 Å². The normalized spacial score (nSPS) is 13.6. The molecule has 0 unspecified atom stereocenters. The predicted molar refractivity (Wildman–Crippen MR) is 131 cm³/mol. The number of rotatable bonds is 6. The second kappa shape index (κ2) is 9.25. The minimum atomic E-state index is -3.65. The van der Waals surface area contributed by atoms with Crippen molar-refractivity contribution in [1.82, 2.24) is 9.29 Å². The Hall–Kier alpha value is -4.13. The molecule has 0 saturated heterocycles. The lowest BCUT2D eigenvalue weighted by molar-refractivity contribution is 0.391. The van der Waals surface area contributed by atoms with E-state index in [2.05, 4.69) is 10.3 Å². The summed E-state index contributed by atoms with van der Waals surface area (Å²) in [5.41, 5.74) is 3.58. The van der Waals surface area contributed by atoms with E-state index in [4.69, 9.17) is 9.15 Å². The summed E-state index contributed by atoms with van der Waals surface area (Å²) in [6.07, 6.45) is 0.685. The molecule has 176 valence electrons. The van der Waals surface area contributed by atoms with Crippen LogP contribution < -0.4 is 10.1 Å². The number of nitrogens with zero attached hydrogens (tertiary/aromatic N) is 3. The van der Waals surface area contributed by atoms with E-state index < -0.39 is 10.0 Å². The molecule has 0 saturated carbocycles. The third-order valence-electron chi connectivity index (χ3n) is 5.92. The Bertz CT molecular complexity index is 1500. The van der Waals surface area contributed by atoms with E-state index in [0.29, 0.717) is 36.5 Å². The van der Waals surface area contributed by atoms with Gasteiger partial charge in [0.2, 0.25) is 27.5 Å². The zero-order chi connectivity index (χ0) is 24.4. The maximum atomic E-state index is 13.2. The molecule has 0 amide bonds. The molecule has 0 bridgehead atoms. The number of nitrogens with one attached hydrogen (secondary N) is 1. The first kappa shape index (κ1) is 22.7. The lowest BCUT2D eigenvalue weighted by Gasteiger charge is -2.28. The number of benzene rings is 3. The van der Waals surface area contributed by atoms with Gasteiger partial charge in [0.15, 0.2) is 0 Å². The van der Waals surface area contributed by atoms with Crippen LogP contribution in [0.3, 0.4) is 0 Å². The first-order valence-electron chi connectivity index (χ1n) is 11.0. The molecular formula is C26H22N4O4S. The van der Waals surface area contributed by atoms with Crippen LogP contribution in [0, 0.1) is 11.3 Å². The quantitative estimate of drug-likeness (QED) is 0.420. The van der Waals surface area contributed by atoms with Crippen molar-refractivity contribution in [2.45, 2.75) is 17.9 Å². The maximum absolute atomic E-state index is 13.2. The highest BCUT2D eigenvalue weighted by Gasteiger charge is 2.28. The molecule has 1 N–H and O–H groups in total. The Morgan fingerprint density at radius 3 is 2.43 bits per heavy atom. The van der Waals surface area contributed by atoms with E-state index in [9.17, 15) is 13.7 Å². The van der Waals surface area contributed by atoms with Crippen LogP contribution in [0.5, 0.6) is 5.75 Å². The van der Waals surface area contributed by atoms with Crippen molar-refractivity contribution in [2.24, 2.45) is 0 Å². The van der Waals surface area contributed by atoms with E-state index in [1.54, 1.807) is 43.5 Å². The molecule has 35 heavy (non-hydrogen) atoms. The van der Waals surface area contributed by atoms with Crippen molar-refractivity contribution >= 4 is 21.6 Å². The number of methoxy groups -OCH3 is 1. The lowest BCUT2D eigenvalue weighted by atomic mass is 10.0. The number of anilines is 2. The second-order valence-electron chi connectivity index (χ2n) is 8.04. The Kier molecular flexibility index (Phi) is 5.99. The van der Waals surface area contributed by atoms with Gasteiger partial charge in [-0.25, -0.2) is 8.42 Å². The maximum Gasteiger partial charge on any atom is 0.243 e. The van der Waals surface area contributed by atoms with Crippen LogP contribution in [-0.2, 0) is 23.0 Å². The molecule has 3 aromatic carbocycles. The van der Waals surface area contributed by atoms with Gasteiger partial charge in [-0.15, -0.1) is 0 Å². The van der Waals surface area contributed by atoms with Gasteiger partial charge in [0, 0.05) is 24.3 Å². The Morgan fingerprint density at radius 2 is 1.74 bits per heavy atom. The van der Waals surface area contributed by atoms with Gasteiger partial charge in [0.05, 0.1) is 12.0 Å². The molecule has 9 heteroatoms. The minimum absolute atomic E-state index is 0.0968. The fraction of sp³-hybridized carbons (Fsp3) is 0.154. The van der Waals surface area contributed by atoms with Gasteiger partial charge >= 0.3 is 0 Å². The van der Waals surface area contributed by atoms with Gasteiger partial charge in [0.25, 0.3) is 0 Å². The number of oxazole rings is 1. The number of sulfonamides is 1. The zero-order valence-corrected chi connectivity index (χ0v) is 19.7. The molecule has 1 aliphatic rings. The molecule has 0 radical (unpaired) electrons. The predicted octanol–water partition coefficient (Wildman–Crippen LogP) is 4.71. The smallest absolute Gasteiger partial charge is 0.243 e. The summed E-state index contributed by atoms with van der Waals surface area (Å²) < 4.78 is 38.9. The third-order valence-corrected chi connectivity index (χ3v) is 7.78. The highest BCUT2D eigenvalue weighted by Crippen LogP contribution is 2.30. The largest absolute Gasteiger partial charge is 0.497 e. The van der Waals surface area contributed by atoms with Crippen LogP contribution in [0.15, 0.2) is 82.1 Å². The molecule has 0 aliphatic carbocycles. The minimum Gasteiger partial charge on any atom is -0.497 e. The van der Waals surface area contributed by atoms with Crippen molar-refractivity contribution in [3.63, 3.8) is 0 Å². The fourth-order valence-corrected chi connectivity index (χ4v) is 5.42. The molecule has 0 fully saturated rings. The first-order chi connectivity index (χ1) is 17.0. The number of fused-ring (bicyclic) bond motifs is 1. The molecule has 1 aromatic heterocycles. The second-order valence-corrected chi connectivity index (χ2v) is 9.98. The number of nitriles is 1. The molecule has 0 spiro atoms. The first-order valence-corrected chi connectivity index (χ1v) is 12.4. The number of aromatic nitrogens is 1. The lowest BCUT2D eigenvalue weighted by Crippen LogP contribution is -2.35. The van der Waals surface area contributed by atoms with Gasteiger partial charge in [-0.2, -0.15) is 14.6 Å². The topological polar surface area (TPSA) is 108 Å². The van der Waals surface area contributed by atoms with Crippen LogP contribution in [0.1, 0.15) is 16.8 Å². The van der Waals surface area contributed by atoms with Gasteiger partial charge in [0.1, 0.15) is 11.8 Å². The summed E-state index contributed by atoms with van der Waals surface area (Å²) in [5, 5.41) is 12.5. The van der Waals surface area contributed by atoms with E-state index in [-0.39, 0.29) is 22.4 Å². The molecule has 5 rings (SSSR count). The van der Waals surface area contributed by atoms with Crippen molar-refractivity contribution in [3.05, 3.63) is 89.6 Å². The summed E-state index contributed by atoms with van der Waals surface area (Å²) >= 11 is 0. The number of ether oxygens (including phenoxy) is 1. The SMILES string of the molecule is COc1ccc(Nc2oc(-c3ccc(S(=O)(=O)N4CCc5ccccc5C4)cc3)nc2C#N)cc1. The Morgan fingerprint density at radius 1 is 1.03 bits per heavy atom. The summed E-state index contributed by atoms with van der Waals surface area (Å²) in [7, 11) is -2.07. The third kappa shape index (κ3) is 4.49. The standard InChI is InChI=1S/C26H22N4O4S/c1-33-22-10-8-21(9-11-22)28-26-24(16-27)29-25(34-26)19-6-12-23(13-7-19)35(31,32)30-15-14-18-4-2-3-5-20(18)17-30/h2-13,28H,14-15,17H2,1H3. The number of hydrogen-bond donors (Lipinski definition) is 1. The fourth-order valence-electron chi connectivity index (χ4n) is 4.00. The van der Waals surface area contributed by atoms with Crippen LogP contribution >= 0.6 is 0 Å². The molecule has 4 aromatic rings. The van der Waals surface area contributed by atoms with Gasteiger partial charge in [-0.1, -0.05) is 24.3 Å². The molecular weight excluding hydrogens is 464 g/mol.